The first-order valence-electron chi connectivity index (χ1n) is 5.38. The maximum atomic E-state index is 12.4. The molecule has 1 heterocycles. The first-order valence-corrected chi connectivity index (χ1v) is 5.38. The SMILES string of the molecule is Cc1cn(-c2ccc(C(F)(F)F)cc2)cc1CO. The van der Waals surface area contributed by atoms with Gasteiger partial charge in [0.1, 0.15) is 0 Å². The van der Waals surface area contributed by atoms with Crippen LogP contribution in [0.2, 0.25) is 0 Å². The van der Waals surface area contributed by atoms with E-state index < -0.39 is 11.7 Å². The molecule has 0 aliphatic rings. The second-order valence-electron chi connectivity index (χ2n) is 4.08. The molecule has 1 aromatic carbocycles. The molecule has 0 saturated heterocycles. The Labute approximate surface area is 102 Å². The van der Waals surface area contributed by atoms with Crippen molar-refractivity contribution in [1.29, 1.82) is 0 Å². The Hall–Kier alpha value is -1.75. The van der Waals surface area contributed by atoms with E-state index in [9.17, 15) is 13.2 Å². The summed E-state index contributed by atoms with van der Waals surface area (Å²) in [6.45, 7) is 1.76. The fourth-order valence-corrected chi connectivity index (χ4v) is 1.74. The van der Waals surface area contributed by atoms with Gasteiger partial charge in [-0.15, -0.1) is 0 Å². The molecule has 0 spiro atoms. The number of aliphatic hydroxyl groups is 1. The minimum atomic E-state index is -4.32. The summed E-state index contributed by atoms with van der Waals surface area (Å²) in [5.74, 6) is 0. The fourth-order valence-electron chi connectivity index (χ4n) is 1.74. The molecule has 2 aromatic rings. The minimum absolute atomic E-state index is 0.0839. The number of hydrogen-bond donors (Lipinski definition) is 1. The molecule has 96 valence electrons. The Kier molecular flexibility index (Phi) is 3.17. The van der Waals surface area contributed by atoms with Gasteiger partial charge in [-0.25, -0.2) is 0 Å². The van der Waals surface area contributed by atoms with Gasteiger partial charge >= 0.3 is 6.18 Å². The van der Waals surface area contributed by atoms with Crippen LogP contribution in [0.5, 0.6) is 0 Å². The molecule has 1 N–H and O–H groups in total. The molecule has 5 heteroatoms. The summed E-state index contributed by atoms with van der Waals surface area (Å²) in [5.41, 5.74) is 1.62. The molecule has 0 unspecified atom stereocenters. The van der Waals surface area contributed by atoms with Crippen LogP contribution in [0.15, 0.2) is 36.7 Å². The molecular formula is C13H12F3NO. The third-order valence-corrected chi connectivity index (χ3v) is 2.80. The van der Waals surface area contributed by atoms with Gasteiger partial charge in [0, 0.05) is 18.1 Å². The molecule has 0 fully saturated rings. The van der Waals surface area contributed by atoms with Crippen molar-refractivity contribution in [3.05, 3.63) is 53.3 Å². The lowest BCUT2D eigenvalue weighted by molar-refractivity contribution is -0.137. The van der Waals surface area contributed by atoms with Crippen LogP contribution in [0, 0.1) is 6.92 Å². The van der Waals surface area contributed by atoms with E-state index >= 15 is 0 Å². The van der Waals surface area contributed by atoms with Gasteiger partial charge in [-0.05, 0) is 42.3 Å². The Bertz CT molecular complexity index is 540. The van der Waals surface area contributed by atoms with Gasteiger partial charge in [0.05, 0.1) is 12.2 Å². The van der Waals surface area contributed by atoms with E-state index in [1.807, 2.05) is 6.92 Å². The molecule has 0 radical (unpaired) electrons. The summed E-state index contributed by atoms with van der Waals surface area (Å²) < 4.78 is 38.9. The number of benzene rings is 1. The summed E-state index contributed by atoms with van der Waals surface area (Å²) in [7, 11) is 0. The van der Waals surface area contributed by atoms with E-state index in [0.717, 1.165) is 23.3 Å². The third-order valence-electron chi connectivity index (χ3n) is 2.80. The highest BCUT2D eigenvalue weighted by Crippen LogP contribution is 2.29. The van der Waals surface area contributed by atoms with Gasteiger partial charge in [-0.2, -0.15) is 13.2 Å². The first-order chi connectivity index (χ1) is 8.41. The topological polar surface area (TPSA) is 25.2 Å². The highest BCUT2D eigenvalue weighted by Gasteiger charge is 2.29. The summed E-state index contributed by atoms with van der Waals surface area (Å²) in [4.78, 5) is 0. The monoisotopic (exact) mass is 255 g/mol. The van der Waals surface area contributed by atoms with Gasteiger partial charge in [-0.3, -0.25) is 0 Å². The number of nitrogens with zero attached hydrogens (tertiary/aromatic N) is 1. The van der Waals surface area contributed by atoms with Crippen molar-refractivity contribution in [2.45, 2.75) is 19.7 Å². The molecule has 2 rings (SSSR count). The van der Waals surface area contributed by atoms with Gasteiger partial charge < -0.3 is 9.67 Å². The number of aromatic nitrogens is 1. The van der Waals surface area contributed by atoms with Crippen molar-refractivity contribution < 1.29 is 18.3 Å². The van der Waals surface area contributed by atoms with Crippen LogP contribution >= 0.6 is 0 Å². The third kappa shape index (κ3) is 2.41. The standard InChI is InChI=1S/C13H12F3NO/c1-9-6-17(7-10(9)8-18)12-4-2-11(3-5-12)13(14,15)16/h2-7,18H,8H2,1H3. The van der Waals surface area contributed by atoms with Crippen LogP contribution in [-0.4, -0.2) is 9.67 Å². The fraction of sp³-hybridized carbons (Fsp3) is 0.231. The van der Waals surface area contributed by atoms with Crippen molar-refractivity contribution in [3.63, 3.8) is 0 Å². The van der Waals surface area contributed by atoms with E-state index in [4.69, 9.17) is 5.11 Å². The van der Waals surface area contributed by atoms with Crippen LogP contribution in [0.3, 0.4) is 0 Å². The average Bonchev–Trinajstić information content (AvgIpc) is 2.69. The maximum absolute atomic E-state index is 12.4. The maximum Gasteiger partial charge on any atom is 0.416 e. The van der Waals surface area contributed by atoms with Gasteiger partial charge in [-0.1, -0.05) is 0 Å². The van der Waals surface area contributed by atoms with Crippen molar-refractivity contribution >= 4 is 0 Å². The summed E-state index contributed by atoms with van der Waals surface area (Å²) in [5, 5.41) is 9.07. The van der Waals surface area contributed by atoms with Crippen molar-refractivity contribution in [2.24, 2.45) is 0 Å². The number of aliphatic hydroxyl groups excluding tert-OH is 1. The van der Waals surface area contributed by atoms with E-state index in [-0.39, 0.29) is 6.61 Å². The van der Waals surface area contributed by atoms with Crippen molar-refractivity contribution in [3.8, 4) is 5.69 Å². The zero-order valence-corrected chi connectivity index (χ0v) is 9.70. The zero-order valence-electron chi connectivity index (χ0n) is 9.70. The highest BCUT2D eigenvalue weighted by molar-refractivity contribution is 5.39. The molecule has 0 bridgehead atoms. The normalized spacial score (nSPS) is 11.8. The predicted molar refractivity (Wildman–Crippen MR) is 61.4 cm³/mol. The Morgan fingerprint density at radius 1 is 1.11 bits per heavy atom. The Morgan fingerprint density at radius 3 is 2.17 bits per heavy atom. The highest BCUT2D eigenvalue weighted by atomic mass is 19.4. The minimum Gasteiger partial charge on any atom is -0.392 e. The number of hydrogen-bond acceptors (Lipinski definition) is 1. The second-order valence-corrected chi connectivity index (χ2v) is 4.08. The van der Waals surface area contributed by atoms with Gasteiger partial charge in [0.15, 0.2) is 0 Å². The summed E-state index contributed by atoms with van der Waals surface area (Å²) in [6.07, 6.45) is -0.840. The lowest BCUT2D eigenvalue weighted by Gasteiger charge is -2.08. The number of rotatable bonds is 2. The molecule has 0 saturated carbocycles. The van der Waals surface area contributed by atoms with Gasteiger partial charge in [0.25, 0.3) is 0 Å². The molecule has 0 atom stereocenters. The molecule has 1 aromatic heterocycles. The lowest BCUT2D eigenvalue weighted by Crippen LogP contribution is -2.04. The molecule has 18 heavy (non-hydrogen) atoms. The number of halogens is 3. The van der Waals surface area contributed by atoms with Crippen molar-refractivity contribution in [2.75, 3.05) is 0 Å². The summed E-state index contributed by atoms with van der Waals surface area (Å²) in [6, 6.07) is 4.90. The predicted octanol–water partition coefficient (Wildman–Crippen LogP) is 3.30. The van der Waals surface area contributed by atoms with Crippen LogP contribution in [0.25, 0.3) is 5.69 Å². The molecule has 0 aliphatic heterocycles. The molecule has 0 aliphatic carbocycles. The zero-order chi connectivity index (χ0) is 13.3. The number of aryl methyl sites for hydroxylation is 1. The van der Waals surface area contributed by atoms with E-state index in [2.05, 4.69) is 0 Å². The van der Waals surface area contributed by atoms with E-state index in [0.29, 0.717) is 5.69 Å². The van der Waals surface area contributed by atoms with Crippen LogP contribution in [0.4, 0.5) is 13.2 Å². The van der Waals surface area contributed by atoms with E-state index in [1.54, 1.807) is 17.0 Å². The van der Waals surface area contributed by atoms with Crippen LogP contribution in [0.1, 0.15) is 16.7 Å². The largest absolute Gasteiger partial charge is 0.416 e. The average molecular weight is 255 g/mol. The summed E-state index contributed by atoms with van der Waals surface area (Å²) >= 11 is 0. The molecule has 2 nitrogen and oxygen atoms in total. The molecule has 0 amide bonds. The smallest absolute Gasteiger partial charge is 0.392 e. The Morgan fingerprint density at radius 2 is 1.72 bits per heavy atom. The van der Waals surface area contributed by atoms with Crippen molar-refractivity contribution in [1.82, 2.24) is 4.57 Å². The van der Waals surface area contributed by atoms with Crippen LogP contribution < -0.4 is 0 Å². The second kappa shape index (κ2) is 4.49. The first kappa shape index (κ1) is 12.7. The molecular weight excluding hydrogens is 243 g/mol. The quantitative estimate of drug-likeness (QED) is 0.875. The van der Waals surface area contributed by atoms with Crippen LogP contribution in [-0.2, 0) is 12.8 Å². The van der Waals surface area contributed by atoms with E-state index in [1.165, 1.54) is 12.1 Å². The lowest BCUT2D eigenvalue weighted by atomic mass is 10.2. The number of alkyl halides is 3. The van der Waals surface area contributed by atoms with Gasteiger partial charge in [0.2, 0.25) is 0 Å². The Balaban J connectivity index is 2.34.